The van der Waals surface area contributed by atoms with Gasteiger partial charge in [0.2, 0.25) is 0 Å². The molecule has 2 aromatic carbocycles. The minimum atomic E-state index is -0.149. The monoisotopic (exact) mass is 456 g/mol. The Morgan fingerprint density at radius 1 is 1.18 bits per heavy atom. The Hall–Kier alpha value is -2.64. The van der Waals surface area contributed by atoms with E-state index < -0.39 is 0 Å². The molecular weight excluding hydrogens is 440 g/mol. The summed E-state index contributed by atoms with van der Waals surface area (Å²) in [5.41, 5.74) is 0.411. The highest BCUT2D eigenvalue weighted by Gasteiger charge is 2.29. The quantitative estimate of drug-likeness (QED) is 0.439. The molecule has 1 fully saturated rings. The van der Waals surface area contributed by atoms with Gasteiger partial charge >= 0.3 is 0 Å². The molecule has 4 rings (SSSR count). The summed E-state index contributed by atoms with van der Waals surface area (Å²) in [5.74, 6) is 1.86. The third kappa shape index (κ3) is 3.81. The van der Waals surface area contributed by atoms with Crippen LogP contribution in [0.2, 0.25) is 0 Å². The van der Waals surface area contributed by atoms with Crippen LogP contribution in [0, 0.1) is 0 Å². The van der Waals surface area contributed by atoms with Crippen LogP contribution in [0.15, 0.2) is 63.1 Å². The smallest absolute Gasteiger partial charge is 0.276 e. The number of benzene rings is 2. The SMILES string of the molecule is CCN1C(=O)/C(=C\c2ccc(COc3ccc4cc(Br)ccc4c3)o2)NC1=S. The van der Waals surface area contributed by atoms with E-state index in [0.29, 0.717) is 35.5 Å². The zero-order chi connectivity index (χ0) is 19.7. The van der Waals surface area contributed by atoms with Crippen molar-refractivity contribution in [3.05, 3.63) is 70.2 Å². The van der Waals surface area contributed by atoms with Gasteiger partial charge in [-0.2, -0.15) is 0 Å². The van der Waals surface area contributed by atoms with Crippen LogP contribution in [-0.4, -0.2) is 22.5 Å². The van der Waals surface area contributed by atoms with E-state index in [1.165, 1.54) is 4.90 Å². The molecule has 0 bridgehead atoms. The first-order chi connectivity index (χ1) is 13.5. The summed E-state index contributed by atoms with van der Waals surface area (Å²) in [6, 6.07) is 15.7. The molecule has 0 spiro atoms. The molecule has 0 unspecified atom stereocenters. The van der Waals surface area contributed by atoms with E-state index in [2.05, 4.69) is 27.3 Å². The van der Waals surface area contributed by atoms with E-state index >= 15 is 0 Å². The lowest BCUT2D eigenvalue weighted by Crippen LogP contribution is -2.30. The number of halogens is 1. The van der Waals surface area contributed by atoms with Crippen molar-refractivity contribution in [2.75, 3.05) is 6.54 Å². The number of hydrogen-bond donors (Lipinski definition) is 1. The molecule has 3 aromatic rings. The fourth-order valence-electron chi connectivity index (χ4n) is 2.99. The average molecular weight is 457 g/mol. The maximum absolute atomic E-state index is 12.2. The molecule has 0 aliphatic carbocycles. The van der Waals surface area contributed by atoms with Crippen LogP contribution < -0.4 is 10.1 Å². The molecule has 0 radical (unpaired) electrons. The van der Waals surface area contributed by atoms with Crippen molar-refractivity contribution in [1.82, 2.24) is 10.2 Å². The van der Waals surface area contributed by atoms with Crippen LogP contribution in [0.4, 0.5) is 0 Å². The minimum Gasteiger partial charge on any atom is -0.486 e. The Bertz CT molecular complexity index is 1110. The number of likely N-dealkylation sites (N-methyl/N-ethyl adjacent to an activating group) is 1. The van der Waals surface area contributed by atoms with Crippen molar-refractivity contribution < 1.29 is 13.9 Å². The highest BCUT2D eigenvalue weighted by atomic mass is 79.9. The Labute approximate surface area is 176 Å². The van der Waals surface area contributed by atoms with Gasteiger partial charge in [0.05, 0.1) is 0 Å². The van der Waals surface area contributed by atoms with Gasteiger partial charge in [0.1, 0.15) is 29.6 Å². The average Bonchev–Trinajstić information content (AvgIpc) is 3.24. The summed E-state index contributed by atoms with van der Waals surface area (Å²) in [4.78, 5) is 13.7. The first-order valence-corrected chi connectivity index (χ1v) is 9.99. The third-order valence-electron chi connectivity index (χ3n) is 4.40. The largest absolute Gasteiger partial charge is 0.486 e. The van der Waals surface area contributed by atoms with Crippen LogP contribution in [0.3, 0.4) is 0 Å². The molecular formula is C21H17BrN2O3S. The van der Waals surface area contributed by atoms with Gasteiger partial charge in [-0.15, -0.1) is 0 Å². The Balaban J connectivity index is 1.44. The zero-order valence-electron chi connectivity index (χ0n) is 15.1. The summed E-state index contributed by atoms with van der Waals surface area (Å²) >= 11 is 8.63. The van der Waals surface area contributed by atoms with Gasteiger partial charge in [-0.05, 0) is 66.3 Å². The molecule has 0 atom stereocenters. The standard InChI is InChI=1S/C21H17BrN2O3S/c1-2-24-20(25)19(23-21(24)28)11-17-7-8-18(27-17)12-26-16-6-4-13-9-15(22)5-3-14(13)10-16/h3-11H,2,12H2,1H3,(H,23,28)/b19-11+. The second kappa shape index (κ2) is 7.77. The summed E-state index contributed by atoms with van der Waals surface area (Å²) in [5, 5.41) is 5.57. The van der Waals surface area contributed by atoms with Crippen molar-refractivity contribution in [1.29, 1.82) is 0 Å². The van der Waals surface area contributed by atoms with Crippen molar-refractivity contribution in [3.63, 3.8) is 0 Å². The number of amides is 1. The first-order valence-electron chi connectivity index (χ1n) is 8.79. The first kappa shape index (κ1) is 18.7. The number of nitrogens with one attached hydrogen (secondary N) is 1. The number of hydrogen-bond acceptors (Lipinski definition) is 4. The predicted molar refractivity (Wildman–Crippen MR) is 116 cm³/mol. The molecule has 1 aliphatic heterocycles. The fraction of sp³-hybridized carbons (Fsp3) is 0.143. The van der Waals surface area contributed by atoms with Gasteiger partial charge in [-0.3, -0.25) is 9.69 Å². The highest BCUT2D eigenvalue weighted by Crippen LogP contribution is 2.25. The second-order valence-electron chi connectivity index (χ2n) is 6.28. The number of ether oxygens (including phenoxy) is 1. The maximum Gasteiger partial charge on any atom is 0.276 e. The molecule has 1 amide bonds. The number of fused-ring (bicyclic) bond motifs is 1. The van der Waals surface area contributed by atoms with Gasteiger partial charge in [-0.25, -0.2) is 0 Å². The van der Waals surface area contributed by atoms with Crippen LogP contribution in [-0.2, 0) is 11.4 Å². The predicted octanol–water partition coefficient (Wildman–Crippen LogP) is 4.85. The van der Waals surface area contributed by atoms with E-state index in [9.17, 15) is 4.79 Å². The molecule has 28 heavy (non-hydrogen) atoms. The zero-order valence-corrected chi connectivity index (χ0v) is 17.5. The topological polar surface area (TPSA) is 54.7 Å². The number of thiocarbonyl (C=S) groups is 1. The van der Waals surface area contributed by atoms with E-state index in [-0.39, 0.29) is 5.91 Å². The molecule has 1 saturated heterocycles. The summed E-state index contributed by atoms with van der Waals surface area (Å²) in [6.07, 6.45) is 1.65. The van der Waals surface area contributed by atoms with Crippen molar-refractivity contribution in [2.45, 2.75) is 13.5 Å². The lowest BCUT2D eigenvalue weighted by atomic mass is 10.1. The Morgan fingerprint density at radius 2 is 1.96 bits per heavy atom. The third-order valence-corrected chi connectivity index (χ3v) is 5.22. The van der Waals surface area contributed by atoms with E-state index in [0.717, 1.165) is 21.0 Å². The molecule has 7 heteroatoms. The minimum absolute atomic E-state index is 0.149. The normalized spacial score (nSPS) is 15.5. The molecule has 142 valence electrons. The maximum atomic E-state index is 12.2. The van der Waals surface area contributed by atoms with Crippen molar-refractivity contribution in [2.24, 2.45) is 0 Å². The number of nitrogens with zero attached hydrogens (tertiary/aromatic N) is 1. The molecule has 1 aromatic heterocycles. The van der Waals surface area contributed by atoms with E-state index in [1.807, 2.05) is 43.3 Å². The second-order valence-corrected chi connectivity index (χ2v) is 7.59. The van der Waals surface area contributed by atoms with Crippen LogP contribution in [0.5, 0.6) is 5.75 Å². The number of carbonyl (C=O) groups is 1. The molecule has 1 aliphatic rings. The van der Waals surface area contributed by atoms with Gasteiger partial charge in [0.25, 0.3) is 5.91 Å². The van der Waals surface area contributed by atoms with Gasteiger partial charge in [-0.1, -0.05) is 28.1 Å². The van der Waals surface area contributed by atoms with Gasteiger partial charge in [0.15, 0.2) is 5.11 Å². The van der Waals surface area contributed by atoms with Crippen LogP contribution >= 0.6 is 28.1 Å². The van der Waals surface area contributed by atoms with Crippen molar-refractivity contribution >= 4 is 56.0 Å². The van der Waals surface area contributed by atoms with Gasteiger partial charge in [0, 0.05) is 17.1 Å². The Kier molecular flexibility index (Phi) is 5.19. The summed E-state index contributed by atoms with van der Waals surface area (Å²) in [7, 11) is 0. The lowest BCUT2D eigenvalue weighted by Gasteiger charge is -2.08. The van der Waals surface area contributed by atoms with Crippen molar-refractivity contribution in [3.8, 4) is 5.75 Å². The Morgan fingerprint density at radius 3 is 2.75 bits per heavy atom. The van der Waals surface area contributed by atoms with E-state index in [1.54, 1.807) is 12.1 Å². The highest BCUT2D eigenvalue weighted by molar-refractivity contribution is 9.10. The molecule has 2 heterocycles. The fourth-order valence-corrected chi connectivity index (χ4v) is 3.69. The number of rotatable bonds is 5. The van der Waals surface area contributed by atoms with Crippen LogP contribution in [0.1, 0.15) is 18.4 Å². The molecule has 1 N–H and O–H groups in total. The van der Waals surface area contributed by atoms with E-state index in [4.69, 9.17) is 21.4 Å². The van der Waals surface area contributed by atoms with Crippen LogP contribution in [0.25, 0.3) is 16.8 Å². The number of furan rings is 1. The summed E-state index contributed by atoms with van der Waals surface area (Å²) in [6.45, 7) is 2.71. The number of carbonyl (C=O) groups excluding carboxylic acids is 1. The summed E-state index contributed by atoms with van der Waals surface area (Å²) < 4.78 is 12.7. The van der Waals surface area contributed by atoms with Gasteiger partial charge < -0.3 is 14.5 Å². The molecule has 5 nitrogen and oxygen atoms in total. The molecule has 0 saturated carbocycles. The lowest BCUT2D eigenvalue weighted by molar-refractivity contribution is -0.122.